The number of nitrogens with zero attached hydrogens (tertiary/aromatic N) is 4. The van der Waals surface area contributed by atoms with E-state index in [1.54, 1.807) is 0 Å². The molecule has 2 heterocycles. The smallest absolute Gasteiger partial charge is 0.0967 e. The molecule has 0 spiro atoms. The van der Waals surface area contributed by atoms with E-state index in [0.717, 1.165) is 57.8 Å². The summed E-state index contributed by atoms with van der Waals surface area (Å²) in [5.74, 6) is 0. The Balaban J connectivity index is 1.63. The van der Waals surface area contributed by atoms with Crippen LogP contribution in [-0.4, -0.2) is 57.4 Å². The van der Waals surface area contributed by atoms with Gasteiger partial charge in [0.2, 0.25) is 0 Å². The van der Waals surface area contributed by atoms with E-state index >= 15 is 0 Å². The van der Waals surface area contributed by atoms with Gasteiger partial charge in [0.1, 0.15) is 0 Å². The summed E-state index contributed by atoms with van der Waals surface area (Å²) in [4.78, 5) is 2.33. The van der Waals surface area contributed by atoms with Crippen molar-refractivity contribution in [1.82, 2.24) is 19.9 Å². The van der Waals surface area contributed by atoms with Crippen LogP contribution in [0.15, 0.2) is 6.20 Å². The lowest BCUT2D eigenvalue weighted by atomic mass is 10.1. The molecule has 3 rings (SSSR count). The molecule has 0 unspecified atom stereocenters. The van der Waals surface area contributed by atoms with Gasteiger partial charge < -0.3 is 9.84 Å². The second-order valence-electron chi connectivity index (χ2n) is 5.85. The molecule has 0 aromatic carbocycles. The maximum atomic E-state index is 10.2. The molecule has 6 nitrogen and oxygen atoms in total. The fourth-order valence-corrected chi connectivity index (χ4v) is 3.11. The Labute approximate surface area is 119 Å². The fraction of sp³-hybridized carbons (Fsp3) is 0.857. The summed E-state index contributed by atoms with van der Waals surface area (Å²) >= 11 is 0. The molecule has 0 bridgehead atoms. The lowest BCUT2D eigenvalue weighted by Crippen LogP contribution is -2.35. The third kappa shape index (κ3) is 3.37. The molecule has 1 N–H and O–H groups in total. The third-order valence-corrected chi connectivity index (χ3v) is 4.33. The molecular weight excluding hydrogens is 256 g/mol. The van der Waals surface area contributed by atoms with Gasteiger partial charge in [0.25, 0.3) is 0 Å². The number of hydrogen-bond donors (Lipinski definition) is 1. The maximum Gasteiger partial charge on any atom is 0.0967 e. The molecule has 0 radical (unpaired) electrons. The number of rotatable bonds is 3. The molecule has 2 aliphatic rings. The molecule has 20 heavy (non-hydrogen) atoms. The molecule has 2 atom stereocenters. The van der Waals surface area contributed by atoms with Gasteiger partial charge in [-0.1, -0.05) is 24.5 Å². The first kappa shape index (κ1) is 14.0. The molecule has 1 aliphatic carbocycles. The second-order valence-corrected chi connectivity index (χ2v) is 5.85. The van der Waals surface area contributed by atoms with Crippen LogP contribution in [-0.2, 0) is 11.3 Å². The van der Waals surface area contributed by atoms with E-state index in [1.165, 1.54) is 12.8 Å². The zero-order chi connectivity index (χ0) is 13.8. The minimum absolute atomic E-state index is 0.100. The molecule has 1 aliphatic heterocycles. The minimum atomic E-state index is -0.282. The fourth-order valence-electron chi connectivity index (χ4n) is 3.11. The molecule has 2 fully saturated rings. The Morgan fingerprint density at radius 2 is 2.00 bits per heavy atom. The van der Waals surface area contributed by atoms with Crippen molar-refractivity contribution in [3.63, 3.8) is 0 Å². The molecule has 6 heteroatoms. The summed E-state index contributed by atoms with van der Waals surface area (Å²) in [6, 6.07) is 0.100. The lowest BCUT2D eigenvalue weighted by molar-refractivity contribution is 0.0336. The van der Waals surface area contributed by atoms with Crippen LogP contribution in [0.3, 0.4) is 0 Å². The Bertz CT molecular complexity index is 417. The van der Waals surface area contributed by atoms with Crippen molar-refractivity contribution >= 4 is 0 Å². The molecular formula is C14H24N4O2. The number of aliphatic hydroxyl groups is 1. The SMILES string of the molecule is O[C@@H]1CCCCC[C@H]1n1cc(CN2CCOCC2)nn1. The van der Waals surface area contributed by atoms with E-state index in [4.69, 9.17) is 4.74 Å². The van der Waals surface area contributed by atoms with Crippen molar-refractivity contribution < 1.29 is 9.84 Å². The molecule has 1 aromatic heterocycles. The summed E-state index contributed by atoms with van der Waals surface area (Å²) in [7, 11) is 0. The van der Waals surface area contributed by atoms with E-state index in [0.29, 0.717) is 0 Å². The van der Waals surface area contributed by atoms with Gasteiger partial charge >= 0.3 is 0 Å². The number of aliphatic hydroxyl groups excluding tert-OH is 1. The maximum absolute atomic E-state index is 10.2. The van der Waals surface area contributed by atoms with Gasteiger partial charge in [-0.05, 0) is 12.8 Å². The van der Waals surface area contributed by atoms with Crippen molar-refractivity contribution in [2.75, 3.05) is 26.3 Å². The van der Waals surface area contributed by atoms with Gasteiger partial charge in [-0.3, -0.25) is 4.90 Å². The summed E-state index contributed by atoms with van der Waals surface area (Å²) in [6.07, 6.45) is 7.10. The van der Waals surface area contributed by atoms with Crippen LogP contribution >= 0.6 is 0 Å². The van der Waals surface area contributed by atoms with E-state index in [-0.39, 0.29) is 12.1 Å². The van der Waals surface area contributed by atoms with Crippen LogP contribution in [0.1, 0.15) is 43.8 Å². The predicted octanol–water partition coefficient (Wildman–Crippen LogP) is 0.976. The van der Waals surface area contributed by atoms with Gasteiger partial charge in [-0.15, -0.1) is 5.10 Å². The van der Waals surface area contributed by atoms with Crippen LogP contribution < -0.4 is 0 Å². The first-order chi connectivity index (χ1) is 9.83. The van der Waals surface area contributed by atoms with E-state index in [1.807, 2.05) is 10.9 Å². The largest absolute Gasteiger partial charge is 0.391 e. The third-order valence-electron chi connectivity index (χ3n) is 4.33. The predicted molar refractivity (Wildman–Crippen MR) is 74.2 cm³/mol. The molecule has 1 saturated carbocycles. The summed E-state index contributed by atoms with van der Waals surface area (Å²) in [5, 5.41) is 18.7. The first-order valence-corrected chi connectivity index (χ1v) is 7.72. The van der Waals surface area contributed by atoms with Crippen LogP contribution in [0.25, 0.3) is 0 Å². The molecule has 112 valence electrons. The number of morpholine rings is 1. The van der Waals surface area contributed by atoms with Gasteiger partial charge in [0.15, 0.2) is 0 Å². The van der Waals surface area contributed by atoms with Crippen LogP contribution in [0, 0.1) is 0 Å². The quantitative estimate of drug-likeness (QED) is 0.836. The van der Waals surface area contributed by atoms with Crippen molar-refractivity contribution in [2.45, 2.75) is 50.8 Å². The standard InChI is InChI=1S/C14H24N4O2/c19-14-5-3-1-2-4-13(14)18-11-12(15-16-18)10-17-6-8-20-9-7-17/h11,13-14,19H,1-10H2/t13-,14-/m1/s1. The number of aromatic nitrogens is 3. The van der Waals surface area contributed by atoms with Gasteiger partial charge in [-0.2, -0.15) is 0 Å². The van der Waals surface area contributed by atoms with Gasteiger partial charge in [0.05, 0.1) is 37.3 Å². The van der Waals surface area contributed by atoms with Crippen molar-refractivity contribution in [3.05, 3.63) is 11.9 Å². The average Bonchev–Trinajstić information content (AvgIpc) is 2.81. The van der Waals surface area contributed by atoms with E-state index in [2.05, 4.69) is 15.2 Å². The Kier molecular flexibility index (Phi) is 4.65. The van der Waals surface area contributed by atoms with Crippen LogP contribution in [0.2, 0.25) is 0 Å². The first-order valence-electron chi connectivity index (χ1n) is 7.72. The summed E-state index contributed by atoms with van der Waals surface area (Å²) < 4.78 is 7.23. The summed E-state index contributed by atoms with van der Waals surface area (Å²) in [6.45, 7) is 4.34. The zero-order valence-corrected chi connectivity index (χ0v) is 11.9. The highest BCUT2D eigenvalue weighted by molar-refractivity contribution is 4.95. The second kappa shape index (κ2) is 6.65. The Morgan fingerprint density at radius 1 is 1.20 bits per heavy atom. The topological polar surface area (TPSA) is 63.4 Å². The summed E-state index contributed by atoms with van der Waals surface area (Å²) in [5.41, 5.74) is 0.989. The number of ether oxygens (including phenoxy) is 1. The van der Waals surface area contributed by atoms with Crippen molar-refractivity contribution in [1.29, 1.82) is 0 Å². The van der Waals surface area contributed by atoms with Gasteiger partial charge in [-0.25, -0.2) is 4.68 Å². The zero-order valence-electron chi connectivity index (χ0n) is 11.9. The van der Waals surface area contributed by atoms with E-state index in [9.17, 15) is 5.11 Å². The van der Waals surface area contributed by atoms with Gasteiger partial charge in [0, 0.05) is 19.6 Å². The molecule has 1 aromatic rings. The van der Waals surface area contributed by atoms with Crippen LogP contribution in [0.4, 0.5) is 0 Å². The molecule has 1 saturated heterocycles. The average molecular weight is 280 g/mol. The van der Waals surface area contributed by atoms with Crippen molar-refractivity contribution in [2.24, 2.45) is 0 Å². The number of hydrogen-bond acceptors (Lipinski definition) is 5. The normalized spacial score (nSPS) is 29.2. The Hall–Kier alpha value is -0.980. The van der Waals surface area contributed by atoms with Crippen molar-refractivity contribution in [3.8, 4) is 0 Å². The highest BCUT2D eigenvalue weighted by Crippen LogP contribution is 2.27. The van der Waals surface area contributed by atoms with Crippen LogP contribution in [0.5, 0.6) is 0 Å². The monoisotopic (exact) mass is 280 g/mol. The lowest BCUT2D eigenvalue weighted by Gasteiger charge is -2.25. The molecule has 0 amide bonds. The minimum Gasteiger partial charge on any atom is -0.391 e. The highest BCUT2D eigenvalue weighted by atomic mass is 16.5. The Morgan fingerprint density at radius 3 is 2.85 bits per heavy atom. The highest BCUT2D eigenvalue weighted by Gasteiger charge is 2.24. The van der Waals surface area contributed by atoms with E-state index < -0.39 is 0 Å².